The third-order valence-corrected chi connectivity index (χ3v) is 5.24. The number of nitrogens with one attached hydrogen (secondary N) is 1. The zero-order chi connectivity index (χ0) is 22.1. The van der Waals surface area contributed by atoms with Crippen LogP contribution in [0, 0.1) is 5.82 Å². The van der Waals surface area contributed by atoms with Gasteiger partial charge in [0.1, 0.15) is 17.3 Å². The first-order valence-electron chi connectivity index (χ1n) is 10.0. The van der Waals surface area contributed by atoms with Crippen molar-refractivity contribution < 1.29 is 9.18 Å². The monoisotopic (exact) mass is 423 g/mol. The van der Waals surface area contributed by atoms with Crippen LogP contribution >= 0.6 is 0 Å². The lowest BCUT2D eigenvalue weighted by Gasteiger charge is -2.11. The molecule has 1 amide bonds. The van der Waals surface area contributed by atoms with Crippen molar-refractivity contribution in [1.82, 2.24) is 19.7 Å². The van der Waals surface area contributed by atoms with Crippen LogP contribution in [-0.4, -0.2) is 25.7 Å². The van der Waals surface area contributed by atoms with Crippen molar-refractivity contribution in [2.45, 2.75) is 0 Å². The summed E-state index contributed by atoms with van der Waals surface area (Å²) in [6.45, 7) is 0. The van der Waals surface area contributed by atoms with Crippen molar-refractivity contribution in [2.24, 2.45) is 7.05 Å². The van der Waals surface area contributed by atoms with E-state index in [1.165, 1.54) is 6.20 Å². The molecular formula is C25H18FN5O. The van der Waals surface area contributed by atoms with E-state index in [9.17, 15) is 9.18 Å². The molecule has 0 bridgehead atoms. The molecule has 1 N–H and O–H groups in total. The number of amides is 1. The smallest absolute Gasteiger partial charge is 0.256 e. The second kappa shape index (κ2) is 8.03. The van der Waals surface area contributed by atoms with Gasteiger partial charge >= 0.3 is 0 Å². The lowest BCUT2D eigenvalue weighted by atomic mass is 10.0. The van der Waals surface area contributed by atoms with Crippen LogP contribution in [0.1, 0.15) is 10.4 Å². The Balaban J connectivity index is 1.62. The average molecular weight is 423 g/mol. The Bertz CT molecular complexity index is 1450. The zero-order valence-corrected chi connectivity index (χ0v) is 17.2. The molecular weight excluding hydrogens is 405 g/mol. The van der Waals surface area contributed by atoms with Gasteiger partial charge < -0.3 is 5.32 Å². The minimum absolute atomic E-state index is 0.308. The van der Waals surface area contributed by atoms with Gasteiger partial charge in [-0.25, -0.2) is 4.39 Å². The zero-order valence-electron chi connectivity index (χ0n) is 17.2. The number of aromatic nitrogens is 4. The topological polar surface area (TPSA) is 72.7 Å². The minimum Gasteiger partial charge on any atom is -0.306 e. The Morgan fingerprint density at radius 1 is 1.00 bits per heavy atom. The molecule has 0 unspecified atom stereocenters. The maximum Gasteiger partial charge on any atom is 0.256 e. The van der Waals surface area contributed by atoms with Gasteiger partial charge in [-0.1, -0.05) is 42.5 Å². The fourth-order valence-electron chi connectivity index (χ4n) is 3.69. The maximum atomic E-state index is 14.8. The number of carbonyl (C=O) groups excluding carboxylic acids is 1. The summed E-state index contributed by atoms with van der Waals surface area (Å²) in [7, 11) is 1.71. The molecule has 5 rings (SSSR count). The van der Waals surface area contributed by atoms with E-state index < -0.39 is 5.82 Å². The summed E-state index contributed by atoms with van der Waals surface area (Å²) < 4.78 is 16.3. The van der Waals surface area contributed by atoms with Crippen LogP contribution in [0.25, 0.3) is 33.3 Å². The molecule has 0 spiro atoms. The molecule has 5 aromatic rings. The third kappa shape index (κ3) is 3.50. The molecule has 156 valence electrons. The molecule has 0 radical (unpaired) electrons. The van der Waals surface area contributed by atoms with Gasteiger partial charge in [0.2, 0.25) is 0 Å². The van der Waals surface area contributed by atoms with Gasteiger partial charge in [-0.15, -0.1) is 0 Å². The molecule has 7 heteroatoms. The van der Waals surface area contributed by atoms with Crippen molar-refractivity contribution in [3.8, 4) is 22.4 Å². The first kappa shape index (κ1) is 19.6. The molecule has 6 nitrogen and oxygen atoms in total. The number of nitrogens with zero attached hydrogens (tertiary/aromatic N) is 4. The number of anilines is 1. The molecule has 0 fully saturated rings. The number of pyridine rings is 2. The summed E-state index contributed by atoms with van der Waals surface area (Å²) in [5, 5.41) is 8.46. The van der Waals surface area contributed by atoms with Gasteiger partial charge in [0.05, 0.1) is 17.3 Å². The van der Waals surface area contributed by atoms with Gasteiger partial charge in [-0.2, -0.15) is 5.10 Å². The van der Waals surface area contributed by atoms with Gasteiger partial charge in [-0.05, 0) is 24.3 Å². The van der Waals surface area contributed by atoms with Gasteiger partial charge in [0, 0.05) is 41.5 Å². The van der Waals surface area contributed by atoms with E-state index in [2.05, 4.69) is 20.4 Å². The number of benzene rings is 2. The molecule has 0 saturated carbocycles. The number of hydrogen-bond acceptors (Lipinski definition) is 4. The van der Waals surface area contributed by atoms with Gasteiger partial charge in [0.15, 0.2) is 0 Å². The van der Waals surface area contributed by atoms with Crippen molar-refractivity contribution in [1.29, 1.82) is 0 Å². The molecule has 0 aliphatic heterocycles. The predicted octanol–water partition coefficient (Wildman–Crippen LogP) is 5.09. The highest BCUT2D eigenvalue weighted by molar-refractivity contribution is 6.08. The standard InChI is InChI=1S/C25H18FN5O/c1-31-24(29-25(32)18-10-9-16-8-5-12-28-21(16)14-18)22(19-11-13-27-15-20(19)26)23(30-31)17-6-3-2-4-7-17/h2-15H,1H3,(H,29,32). The van der Waals surface area contributed by atoms with E-state index >= 15 is 0 Å². The number of aryl methyl sites for hydroxylation is 1. The Morgan fingerprint density at radius 3 is 2.66 bits per heavy atom. The Hall–Kier alpha value is -4.39. The maximum absolute atomic E-state index is 14.8. The highest BCUT2D eigenvalue weighted by atomic mass is 19.1. The first-order valence-corrected chi connectivity index (χ1v) is 10.0. The first-order chi connectivity index (χ1) is 15.6. The van der Waals surface area contributed by atoms with Crippen LogP contribution in [0.5, 0.6) is 0 Å². The summed E-state index contributed by atoms with van der Waals surface area (Å²) in [4.78, 5) is 21.3. The SMILES string of the molecule is Cn1nc(-c2ccccc2)c(-c2ccncc2F)c1NC(=O)c1ccc2cccnc2c1. The van der Waals surface area contributed by atoms with Crippen LogP contribution < -0.4 is 5.32 Å². The Morgan fingerprint density at radius 2 is 1.84 bits per heavy atom. The van der Waals surface area contributed by atoms with E-state index in [1.807, 2.05) is 48.5 Å². The molecule has 3 heterocycles. The summed E-state index contributed by atoms with van der Waals surface area (Å²) >= 11 is 0. The van der Waals surface area contributed by atoms with E-state index in [0.717, 1.165) is 22.7 Å². The second-order valence-corrected chi connectivity index (χ2v) is 7.28. The summed E-state index contributed by atoms with van der Waals surface area (Å²) in [6, 6.07) is 20.1. The number of hydrogen-bond donors (Lipinski definition) is 1. The second-order valence-electron chi connectivity index (χ2n) is 7.28. The Labute approximate surface area is 183 Å². The summed E-state index contributed by atoms with van der Waals surface area (Å²) in [5.41, 5.74) is 3.34. The van der Waals surface area contributed by atoms with Gasteiger partial charge in [0.25, 0.3) is 5.91 Å². The lowest BCUT2D eigenvalue weighted by molar-refractivity contribution is 0.102. The molecule has 2 aromatic carbocycles. The predicted molar refractivity (Wildman–Crippen MR) is 122 cm³/mol. The number of carbonyl (C=O) groups is 1. The van der Waals surface area contributed by atoms with E-state index in [0.29, 0.717) is 28.2 Å². The highest BCUT2D eigenvalue weighted by Crippen LogP contribution is 2.38. The fourth-order valence-corrected chi connectivity index (χ4v) is 3.69. The lowest BCUT2D eigenvalue weighted by Crippen LogP contribution is -2.15. The van der Waals surface area contributed by atoms with Crippen molar-refractivity contribution in [3.05, 3.63) is 96.7 Å². The quantitative estimate of drug-likeness (QED) is 0.437. The van der Waals surface area contributed by atoms with E-state index in [4.69, 9.17) is 0 Å². The summed E-state index contributed by atoms with van der Waals surface area (Å²) in [6.07, 6.45) is 4.35. The van der Waals surface area contributed by atoms with E-state index in [1.54, 1.807) is 36.1 Å². The van der Waals surface area contributed by atoms with E-state index in [-0.39, 0.29) is 5.91 Å². The molecule has 0 atom stereocenters. The van der Waals surface area contributed by atoms with Crippen LogP contribution in [-0.2, 0) is 7.05 Å². The Kier molecular flexibility index (Phi) is 4.91. The number of rotatable bonds is 4. The highest BCUT2D eigenvalue weighted by Gasteiger charge is 2.23. The summed E-state index contributed by atoms with van der Waals surface area (Å²) in [5.74, 6) is -0.445. The molecule has 3 aromatic heterocycles. The number of fused-ring (bicyclic) bond motifs is 1. The average Bonchev–Trinajstić information content (AvgIpc) is 3.15. The number of halogens is 1. The normalized spacial score (nSPS) is 10.9. The molecule has 0 aliphatic rings. The van der Waals surface area contributed by atoms with Crippen LogP contribution in [0.3, 0.4) is 0 Å². The van der Waals surface area contributed by atoms with Crippen LogP contribution in [0.15, 0.2) is 85.3 Å². The molecule has 0 aliphatic carbocycles. The van der Waals surface area contributed by atoms with Crippen molar-refractivity contribution >= 4 is 22.6 Å². The fraction of sp³-hybridized carbons (Fsp3) is 0.0400. The molecule has 32 heavy (non-hydrogen) atoms. The van der Waals surface area contributed by atoms with Crippen LogP contribution in [0.4, 0.5) is 10.2 Å². The molecule has 0 saturated heterocycles. The van der Waals surface area contributed by atoms with Crippen LogP contribution in [0.2, 0.25) is 0 Å². The minimum atomic E-state index is -0.497. The van der Waals surface area contributed by atoms with Crippen molar-refractivity contribution in [3.63, 3.8) is 0 Å². The third-order valence-electron chi connectivity index (χ3n) is 5.24. The van der Waals surface area contributed by atoms with Crippen molar-refractivity contribution in [2.75, 3.05) is 5.32 Å². The van der Waals surface area contributed by atoms with Gasteiger partial charge in [-0.3, -0.25) is 19.4 Å². The largest absolute Gasteiger partial charge is 0.306 e.